The summed E-state index contributed by atoms with van der Waals surface area (Å²) >= 11 is 1.68. The van der Waals surface area contributed by atoms with Gasteiger partial charge < -0.3 is 15.4 Å². The van der Waals surface area contributed by atoms with Crippen molar-refractivity contribution in [3.05, 3.63) is 52.0 Å². The van der Waals surface area contributed by atoms with E-state index in [9.17, 15) is 4.79 Å². The van der Waals surface area contributed by atoms with Crippen molar-refractivity contribution >= 4 is 17.4 Å². The third kappa shape index (κ3) is 4.77. The summed E-state index contributed by atoms with van der Waals surface area (Å²) in [6.07, 6.45) is 1.53. The molecule has 0 spiro atoms. The van der Waals surface area contributed by atoms with Gasteiger partial charge >= 0.3 is 6.09 Å². The topological polar surface area (TPSA) is 63.2 Å². The zero-order chi connectivity index (χ0) is 16.1. The molecule has 1 aliphatic rings. The lowest BCUT2D eigenvalue weighted by Gasteiger charge is -2.35. The van der Waals surface area contributed by atoms with Gasteiger partial charge in [-0.15, -0.1) is 11.3 Å². The van der Waals surface area contributed by atoms with Crippen LogP contribution >= 0.6 is 11.3 Å². The molecule has 1 fully saturated rings. The summed E-state index contributed by atoms with van der Waals surface area (Å²) in [5.74, 6) is 0. The molecule has 0 atom stereocenters. The number of hydrogen-bond acceptors (Lipinski definition) is 5. The van der Waals surface area contributed by atoms with E-state index in [1.807, 2.05) is 37.3 Å². The molecule has 6 heteroatoms. The third-order valence-electron chi connectivity index (χ3n) is 3.88. The summed E-state index contributed by atoms with van der Waals surface area (Å²) in [4.78, 5) is 16.2. The van der Waals surface area contributed by atoms with Crippen LogP contribution in [0.2, 0.25) is 0 Å². The number of hydrogen-bond donors (Lipinski definition) is 2. The molecule has 2 aromatic rings. The van der Waals surface area contributed by atoms with Crippen LogP contribution in [0.1, 0.15) is 29.1 Å². The Kier molecular flexibility index (Phi) is 5.25. The van der Waals surface area contributed by atoms with E-state index in [1.54, 1.807) is 11.3 Å². The van der Waals surface area contributed by atoms with Gasteiger partial charge in [0.1, 0.15) is 11.6 Å². The number of alkyl carbamates (subject to hydrolysis) is 1. The lowest BCUT2D eigenvalue weighted by molar-refractivity contribution is 0.125. The van der Waals surface area contributed by atoms with Gasteiger partial charge in [-0.2, -0.15) is 0 Å². The second kappa shape index (κ2) is 7.57. The van der Waals surface area contributed by atoms with E-state index >= 15 is 0 Å². The van der Waals surface area contributed by atoms with E-state index in [0.717, 1.165) is 35.7 Å². The number of aromatic nitrogens is 1. The van der Waals surface area contributed by atoms with Gasteiger partial charge in [0.25, 0.3) is 0 Å². The van der Waals surface area contributed by atoms with Crippen molar-refractivity contribution in [3.63, 3.8) is 0 Å². The van der Waals surface area contributed by atoms with E-state index in [0.29, 0.717) is 12.6 Å². The minimum Gasteiger partial charge on any atom is -0.445 e. The van der Waals surface area contributed by atoms with E-state index < -0.39 is 0 Å². The Hall–Kier alpha value is -1.92. The molecule has 23 heavy (non-hydrogen) atoms. The molecule has 0 unspecified atom stereocenters. The quantitative estimate of drug-likeness (QED) is 0.854. The molecule has 122 valence electrons. The molecule has 0 aliphatic heterocycles. The Labute approximate surface area is 140 Å². The molecule has 0 saturated heterocycles. The van der Waals surface area contributed by atoms with Gasteiger partial charge in [-0.25, -0.2) is 9.78 Å². The van der Waals surface area contributed by atoms with Crippen LogP contribution in [-0.2, 0) is 17.9 Å². The van der Waals surface area contributed by atoms with Gasteiger partial charge in [-0.05, 0) is 25.3 Å². The van der Waals surface area contributed by atoms with Crippen LogP contribution in [0, 0.1) is 6.92 Å². The second-order valence-corrected chi connectivity index (χ2v) is 6.78. The highest BCUT2D eigenvalue weighted by atomic mass is 32.1. The molecule has 1 aliphatic carbocycles. The molecule has 0 radical (unpaired) electrons. The standard InChI is InChI=1S/C17H21N3O2S/c1-12-11-23-16(19-12)9-18-14-7-15(8-14)20-17(21)22-10-13-5-3-2-4-6-13/h2-6,11,14-15,18H,7-10H2,1H3,(H,20,21). The van der Waals surface area contributed by atoms with Gasteiger partial charge in [0, 0.05) is 29.7 Å². The monoisotopic (exact) mass is 331 g/mol. The fourth-order valence-corrected chi connectivity index (χ4v) is 3.27. The van der Waals surface area contributed by atoms with Gasteiger partial charge in [-0.1, -0.05) is 30.3 Å². The van der Waals surface area contributed by atoms with Crippen LogP contribution in [-0.4, -0.2) is 23.2 Å². The molecule has 1 amide bonds. The molecule has 1 aromatic carbocycles. The number of nitrogens with zero attached hydrogens (tertiary/aromatic N) is 1. The maximum absolute atomic E-state index is 11.7. The molecule has 1 aromatic heterocycles. The molecule has 0 bridgehead atoms. The normalized spacial score (nSPS) is 19.9. The number of carbonyl (C=O) groups excluding carboxylic acids is 1. The summed E-state index contributed by atoms with van der Waals surface area (Å²) in [5.41, 5.74) is 2.07. The van der Waals surface area contributed by atoms with Crippen molar-refractivity contribution in [1.29, 1.82) is 0 Å². The fourth-order valence-electron chi connectivity index (χ4n) is 2.55. The zero-order valence-electron chi connectivity index (χ0n) is 13.1. The fraction of sp³-hybridized carbons (Fsp3) is 0.412. The number of benzene rings is 1. The van der Waals surface area contributed by atoms with Crippen molar-refractivity contribution in [2.45, 2.75) is 45.0 Å². The van der Waals surface area contributed by atoms with Crippen LogP contribution < -0.4 is 10.6 Å². The van der Waals surface area contributed by atoms with Crippen molar-refractivity contribution in [2.24, 2.45) is 0 Å². The van der Waals surface area contributed by atoms with Gasteiger partial charge in [0.15, 0.2) is 0 Å². The van der Waals surface area contributed by atoms with Crippen LogP contribution in [0.25, 0.3) is 0 Å². The minimum absolute atomic E-state index is 0.203. The first-order chi connectivity index (χ1) is 11.2. The average Bonchev–Trinajstić information content (AvgIpc) is 2.94. The van der Waals surface area contributed by atoms with Crippen molar-refractivity contribution in [1.82, 2.24) is 15.6 Å². The highest BCUT2D eigenvalue weighted by molar-refractivity contribution is 7.09. The number of amides is 1. The Morgan fingerprint density at radius 3 is 2.78 bits per heavy atom. The Morgan fingerprint density at radius 1 is 1.30 bits per heavy atom. The first-order valence-corrected chi connectivity index (χ1v) is 8.68. The van der Waals surface area contributed by atoms with E-state index in [1.165, 1.54) is 0 Å². The zero-order valence-corrected chi connectivity index (χ0v) is 13.9. The van der Waals surface area contributed by atoms with Gasteiger partial charge in [-0.3, -0.25) is 0 Å². The first-order valence-electron chi connectivity index (χ1n) is 7.80. The number of aryl methyl sites for hydroxylation is 1. The molecule has 2 N–H and O–H groups in total. The predicted molar refractivity (Wildman–Crippen MR) is 90.3 cm³/mol. The molecule has 1 saturated carbocycles. The SMILES string of the molecule is Cc1csc(CNC2CC(NC(=O)OCc3ccccc3)C2)n1. The highest BCUT2D eigenvalue weighted by Crippen LogP contribution is 2.21. The number of nitrogens with one attached hydrogen (secondary N) is 2. The predicted octanol–water partition coefficient (Wildman–Crippen LogP) is 3.00. The third-order valence-corrected chi connectivity index (χ3v) is 4.85. The Bertz CT molecular complexity index is 638. The van der Waals surface area contributed by atoms with Gasteiger partial charge in [0.05, 0.1) is 0 Å². The van der Waals surface area contributed by atoms with E-state index in [4.69, 9.17) is 4.74 Å². The van der Waals surface area contributed by atoms with Crippen LogP contribution in [0.5, 0.6) is 0 Å². The number of carbonyl (C=O) groups is 1. The maximum atomic E-state index is 11.7. The summed E-state index contributed by atoms with van der Waals surface area (Å²) in [7, 11) is 0. The maximum Gasteiger partial charge on any atom is 0.407 e. The van der Waals surface area contributed by atoms with Crippen LogP contribution in [0.3, 0.4) is 0 Å². The lowest BCUT2D eigenvalue weighted by Crippen LogP contribution is -2.52. The molecular weight excluding hydrogens is 310 g/mol. The molecule has 5 nitrogen and oxygen atoms in total. The van der Waals surface area contributed by atoms with Crippen molar-refractivity contribution < 1.29 is 9.53 Å². The average molecular weight is 331 g/mol. The lowest BCUT2D eigenvalue weighted by atomic mass is 9.87. The highest BCUT2D eigenvalue weighted by Gasteiger charge is 2.30. The Morgan fingerprint density at radius 2 is 2.09 bits per heavy atom. The molecular formula is C17H21N3O2S. The summed E-state index contributed by atoms with van der Waals surface area (Å²) < 4.78 is 5.22. The number of thiazole rings is 1. The minimum atomic E-state index is -0.340. The summed E-state index contributed by atoms with van der Waals surface area (Å²) in [6.45, 7) is 3.11. The smallest absolute Gasteiger partial charge is 0.407 e. The van der Waals surface area contributed by atoms with Crippen molar-refractivity contribution in [2.75, 3.05) is 0 Å². The van der Waals surface area contributed by atoms with Gasteiger partial charge in [0.2, 0.25) is 0 Å². The molecule has 3 rings (SSSR count). The number of ether oxygens (including phenoxy) is 1. The largest absolute Gasteiger partial charge is 0.445 e. The summed E-state index contributed by atoms with van der Waals surface area (Å²) in [5, 5.41) is 9.54. The first kappa shape index (κ1) is 16.0. The van der Waals surface area contributed by atoms with Crippen LogP contribution in [0.15, 0.2) is 35.7 Å². The van der Waals surface area contributed by atoms with E-state index in [-0.39, 0.29) is 12.1 Å². The number of rotatable bonds is 6. The summed E-state index contributed by atoms with van der Waals surface area (Å²) in [6, 6.07) is 10.3. The Balaban J connectivity index is 1.30. The van der Waals surface area contributed by atoms with Crippen LogP contribution in [0.4, 0.5) is 4.79 Å². The molecule has 1 heterocycles. The second-order valence-electron chi connectivity index (χ2n) is 5.83. The van der Waals surface area contributed by atoms with E-state index in [2.05, 4.69) is 21.0 Å². The van der Waals surface area contributed by atoms with Crippen molar-refractivity contribution in [3.8, 4) is 0 Å².